The molecule has 3 rings (SSSR count). The number of fused-ring (bicyclic) bond motifs is 1. The van der Waals surface area contributed by atoms with Crippen molar-refractivity contribution >= 4 is 23.1 Å². The number of ketones is 1. The van der Waals surface area contributed by atoms with Crippen LogP contribution in [0.5, 0.6) is 0 Å². The third-order valence-electron chi connectivity index (χ3n) is 4.59. The third-order valence-corrected chi connectivity index (χ3v) is 4.59. The lowest BCUT2D eigenvalue weighted by Crippen LogP contribution is -2.37. The van der Waals surface area contributed by atoms with Crippen molar-refractivity contribution in [1.82, 2.24) is 0 Å². The van der Waals surface area contributed by atoms with Gasteiger partial charge in [0.25, 0.3) is 0 Å². The lowest BCUT2D eigenvalue weighted by Gasteiger charge is -2.29. The molecular formula is C21H22N2O4. The first-order valence-corrected chi connectivity index (χ1v) is 8.88. The summed E-state index contributed by atoms with van der Waals surface area (Å²) in [6.45, 7) is 2.85. The summed E-state index contributed by atoms with van der Waals surface area (Å²) < 4.78 is 5.70. The van der Waals surface area contributed by atoms with E-state index in [1.54, 1.807) is 23.1 Å². The van der Waals surface area contributed by atoms with E-state index in [2.05, 4.69) is 5.16 Å². The monoisotopic (exact) mass is 366 g/mol. The predicted molar refractivity (Wildman–Crippen MR) is 102 cm³/mol. The van der Waals surface area contributed by atoms with Crippen LogP contribution in [-0.4, -0.2) is 35.8 Å². The maximum absolute atomic E-state index is 12.3. The number of oxime groups is 1. The molecule has 0 unspecified atom stereocenters. The van der Waals surface area contributed by atoms with Crippen molar-refractivity contribution in [2.45, 2.75) is 26.4 Å². The van der Waals surface area contributed by atoms with E-state index in [0.29, 0.717) is 38.2 Å². The number of aryl methyl sites for hydroxylation is 1. The molecule has 1 aliphatic rings. The van der Waals surface area contributed by atoms with Gasteiger partial charge in [-0.25, -0.2) is 0 Å². The zero-order valence-electron chi connectivity index (χ0n) is 15.2. The molecule has 1 aliphatic heterocycles. The molecule has 27 heavy (non-hydrogen) atoms. The number of nitrogens with zero attached hydrogens (tertiary/aromatic N) is 2. The van der Waals surface area contributed by atoms with Gasteiger partial charge in [-0.2, -0.15) is 0 Å². The largest absolute Gasteiger partial charge is 0.411 e. The number of benzene rings is 2. The van der Waals surface area contributed by atoms with Gasteiger partial charge in [0.2, 0.25) is 11.7 Å². The van der Waals surface area contributed by atoms with Crippen LogP contribution in [0.15, 0.2) is 53.7 Å². The van der Waals surface area contributed by atoms with Gasteiger partial charge < -0.3 is 14.8 Å². The van der Waals surface area contributed by atoms with Crippen molar-refractivity contribution in [1.29, 1.82) is 0 Å². The molecule has 0 saturated carbocycles. The Morgan fingerprint density at radius 2 is 1.96 bits per heavy atom. The number of hydrogen-bond donors (Lipinski definition) is 1. The van der Waals surface area contributed by atoms with Gasteiger partial charge in [-0.3, -0.25) is 9.59 Å². The third kappa shape index (κ3) is 4.41. The first-order chi connectivity index (χ1) is 13.1. The average molecular weight is 366 g/mol. The van der Waals surface area contributed by atoms with Crippen LogP contribution in [0.1, 0.15) is 34.8 Å². The van der Waals surface area contributed by atoms with Crippen LogP contribution in [0.25, 0.3) is 0 Å². The fraction of sp³-hybridized carbons (Fsp3) is 0.286. The number of carbonyl (C=O) groups is 2. The van der Waals surface area contributed by atoms with Crippen LogP contribution < -0.4 is 4.90 Å². The number of anilines is 1. The first kappa shape index (κ1) is 18.8. The summed E-state index contributed by atoms with van der Waals surface area (Å²) in [4.78, 5) is 26.2. The lowest BCUT2D eigenvalue weighted by molar-refractivity contribution is -0.119. The minimum Gasteiger partial charge on any atom is -0.411 e. The van der Waals surface area contributed by atoms with Crippen molar-refractivity contribution in [2.75, 3.05) is 18.1 Å². The Labute approximate surface area is 158 Å². The zero-order valence-corrected chi connectivity index (χ0v) is 15.2. The van der Waals surface area contributed by atoms with E-state index >= 15 is 0 Å². The van der Waals surface area contributed by atoms with Crippen LogP contribution in [0.4, 0.5) is 5.69 Å². The fourth-order valence-corrected chi connectivity index (χ4v) is 3.12. The lowest BCUT2D eigenvalue weighted by atomic mass is 9.96. The van der Waals surface area contributed by atoms with E-state index < -0.39 is 0 Å². The van der Waals surface area contributed by atoms with Crippen LogP contribution in [0.3, 0.4) is 0 Å². The molecule has 2 aromatic carbocycles. The molecule has 1 heterocycles. The van der Waals surface area contributed by atoms with Gasteiger partial charge >= 0.3 is 0 Å². The Bertz CT molecular complexity index is 862. The smallest absolute Gasteiger partial charge is 0.227 e. The molecule has 0 radical (unpaired) electrons. The molecule has 6 heteroatoms. The molecule has 6 nitrogen and oxygen atoms in total. The highest BCUT2D eigenvalue weighted by Gasteiger charge is 2.25. The maximum atomic E-state index is 12.3. The molecule has 0 saturated heterocycles. The van der Waals surface area contributed by atoms with Gasteiger partial charge in [0.05, 0.1) is 13.2 Å². The normalized spacial score (nSPS) is 14.2. The highest BCUT2D eigenvalue weighted by atomic mass is 16.5. The molecular weight excluding hydrogens is 344 g/mol. The number of carbonyl (C=O) groups excluding carboxylic acids is 2. The standard InChI is InChI=1S/C21H22N2O4/c1-15(22-26)21(25)18-7-9-19-17(13-18)8-10-20(24)23(19)11-12-27-14-16-5-3-2-4-6-16/h2-7,9,13,26H,8,10-12,14H2,1H3/b22-15-. The minimum atomic E-state index is -0.324. The molecule has 1 amide bonds. The topological polar surface area (TPSA) is 79.2 Å². The number of hydrogen-bond acceptors (Lipinski definition) is 5. The van der Waals surface area contributed by atoms with Gasteiger partial charge in [-0.1, -0.05) is 35.5 Å². The van der Waals surface area contributed by atoms with Gasteiger partial charge in [0.15, 0.2) is 0 Å². The summed E-state index contributed by atoms with van der Waals surface area (Å²) in [5.41, 5.74) is 3.33. The number of Topliss-reactive ketones (excluding diaryl/α,β-unsaturated/α-hetero) is 1. The summed E-state index contributed by atoms with van der Waals surface area (Å²) in [5, 5.41) is 11.7. The van der Waals surface area contributed by atoms with E-state index in [0.717, 1.165) is 16.8 Å². The van der Waals surface area contributed by atoms with E-state index in [4.69, 9.17) is 9.94 Å². The summed E-state index contributed by atoms with van der Waals surface area (Å²) in [5.74, 6) is -0.270. The van der Waals surface area contributed by atoms with Gasteiger partial charge in [-0.05, 0) is 42.7 Å². The Kier molecular flexibility index (Phi) is 5.98. The highest BCUT2D eigenvalue weighted by molar-refractivity contribution is 6.45. The SMILES string of the molecule is C/C(=N/O)C(=O)c1ccc2c(c1)CCC(=O)N2CCOCc1ccccc1. The molecule has 0 aliphatic carbocycles. The van der Waals surface area contributed by atoms with Gasteiger partial charge in [0, 0.05) is 24.2 Å². The molecule has 2 aromatic rings. The zero-order chi connectivity index (χ0) is 19.2. The van der Waals surface area contributed by atoms with Gasteiger partial charge in [-0.15, -0.1) is 0 Å². The molecule has 140 valence electrons. The van der Waals surface area contributed by atoms with Crippen LogP contribution in [0, 0.1) is 0 Å². The van der Waals surface area contributed by atoms with Crippen molar-refractivity contribution in [2.24, 2.45) is 5.16 Å². The van der Waals surface area contributed by atoms with Crippen molar-refractivity contribution < 1.29 is 19.5 Å². The van der Waals surface area contributed by atoms with Crippen LogP contribution in [0.2, 0.25) is 0 Å². The second kappa shape index (κ2) is 8.60. The number of ether oxygens (including phenoxy) is 1. The second-order valence-corrected chi connectivity index (χ2v) is 6.44. The van der Waals surface area contributed by atoms with Crippen molar-refractivity contribution in [3.05, 3.63) is 65.2 Å². The molecule has 0 fully saturated rings. The Morgan fingerprint density at radius 3 is 2.70 bits per heavy atom. The summed E-state index contributed by atoms with van der Waals surface area (Å²) in [6.07, 6.45) is 0.988. The molecule has 0 bridgehead atoms. The predicted octanol–water partition coefficient (Wildman–Crippen LogP) is 3.22. The van der Waals surface area contributed by atoms with E-state index in [-0.39, 0.29) is 17.4 Å². The van der Waals surface area contributed by atoms with Crippen molar-refractivity contribution in [3.63, 3.8) is 0 Å². The van der Waals surface area contributed by atoms with Gasteiger partial charge in [0.1, 0.15) is 5.71 Å². The molecule has 1 N–H and O–H groups in total. The Hall–Kier alpha value is -2.99. The maximum Gasteiger partial charge on any atom is 0.227 e. The van der Waals surface area contributed by atoms with E-state index in [1.807, 2.05) is 30.3 Å². The first-order valence-electron chi connectivity index (χ1n) is 8.88. The van der Waals surface area contributed by atoms with Crippen molar-refractivity contribution in [3.8, 4) is 0 Å². The molecule has 0 atom stereocenters. The quantitative estimate of drug-likeness (QED) is 0.268. The second-order valence-electron chi connectivity index (χ2n) is 6.44. The summed E-state index contributed by atoms with van der Waals surface area (Å²) >= 11 is 0. The highest BCUT2D eigenvalue weighted by Crippen LogP contribution is 2.29. The van der Waals surface area contributed by atoms with Crippen LogP contribution >= 0.6 is 0 Å². The Morgan fingerprint density at radius 1 is 1.19 bits per heavy atom. The minimum absolute atomic E-state index is 0.0352. The average Bonchev–Trinajstić information content (AvgIpc) is 2.71. The summed E-state index contributed by atoms with van der Waals surface area (Å²) in [6, 6.07) is 15.1. The van der Waals surface area contributed by atoms with E-state index in [1.165, 1.54) is 6.92 Å². The Balaban J connectivity index is 1.67. The number of rotatable bonds is 7. The van der Waals surface area contributed by atoms with Crippen LogP contribution in [-0.2, 0) is 22.6 Å². The summed E-state index contributed by atoms with van der Waals surface area (Å²) in [7, 11) is 0. The number of amides is 1. The fourth-order valence-electron chi connectivity index (χ4n) is 3.12. The molecule has 0 spiro atoms. The molecule has 0 aromatic heterocycles. The van der Waals surface area contributed by atoms with E-state index in [9.17, 15) is 9.59 Å².